The van der Waals surface area contributed by atoms with Crippen LogP contribution in [0.2, 0.25) is 5.02 Å². The predicted molar refractivity (Wildman–Crippen MR) is 117 cm³/mol. The quantitative estimate of drug-likeness (QED) is 0.426. The second-order valence-electron chi connectivity index (χ2n) is 6.63. The molecule has 2 aromatic heterocycles. The van der Waals surface area contributed by atoms with Crippen LogP contribution in [0, 0.1) is 11.2 Å². The van der Waals surface area contributed by atoms with Gasteiger partial charge in [0, 0.05) is 11.6 Å². The van der Waals surface area contributed by atoms with Crippen molar-refractivity contribution in [3.63, 3.8) is 0 Å². The molecule has 10 heteroatoms. The fourth-order valence-electron chi connectivity index (χ4n) is 3.11. The first-order chi connectivity index (χ1) is 15.0. The van der Waals surface area contributed by atoms with Crippen LogP contribution in [-0.4, -0.2) is 33.7 Å². The van der Waals surface area contributed by atoms with E-state index in [2.05, 4.69) is 15.0 Å². The normalized spacial score (nSPS) is 11.1. The molecular formula is C21H19ClFN5O2S. The number of hydrogen-bond donors (Lipinski definition) is 2. The van der Waals surface area contributed by atoms with Gasteiger partial charge in [0.05, 0.1) is 25.4 Å². The molecule has 0 spiro atoms. The summed E-state index contributed by atoms with van der Waals surface area (Å²) in [6.45, 7) is 0.444. The Morgan fingerprint density at radius 1 is 1.19 bits per heavy atom. The first-order valence-corrected chi connectivity index (χ1v) is 10.5. The zero-order chi connectivity index (χ0) is 22.0. The number of ether oxygens (including phenoxy) is 2. The number of aromatic nitrogens is 4. The number of rotatable bonds is 7. The third kappa shape index (κ3) is 4.52. The van der Waals surface area contributed by atoms with Crippen molar-refractivity contribution in [2.24, 2.45) is 0 Å². The van der Waals surface area contributed by atoms with E-state index in [1.165, 1.54) is 17.8 Å². The van der Waals surface area contributed by atoms with Gasteiger partial charge in [-0.1, -0.05) is 17.7 Å². The maximum Gasteiger partial charge on any atom is 0.173 e. The summed E-state index contributed by atoms with van der Waals surface area (Å²) in [6.07, 6.45) is 1.97. The van der Waals surface area contributed by atoms with Crippen LogP contribution in [0.25, 0.3) is 11.2 Å². The van der Waals surface area contributed by atoms with Crippen molar-refractivity contribution >= 4 is 34.5 Å². The zero-order valence-electron chi connectivity index (χ0n) is 16.8. The van der Waals surface area contributed by atoms with Crippen molar-refractivity contribution < 1.29 is 13.9 Å². The second-order valence-corrected chi connectivity index (χ2v) is 8.10. The molecule has 4 rings (SSSR count). The minimum Gasteiger partial charge on any atom is -0.497 e. The number of methoxy groups -OCH3 is 2. The lowest BCUT2D eigenvalue weighted by Gasteiger charge is -2.08. The summed E-state index contributed by atoms with van der Waals surface area (Å²) in [4.78, 5) is 12.7. The van der Waals surface area contributed by atoms with E-state index in [0.717, 1.165) is 4.90 Å². The fraction of sp³-hybridized carbons (Fsp3) is 0.190. The Bertz CT molecular complexity index is 1310. The Hall–Kier alpha value is -3.04. The summed E-state index contributed by atoms with van der Waals surface area (Å²) in [5.41, 5.74) is 1.70. The molecule has 0 saturated carbocycles. The molecule has 0 amide bonds. The molecule has 7 nitrogen and oxygen atoms in total. The summed E-state index contributed by atoms with van der Waals surface area (Å²) in [5, 5.41) is 9.06. The van der Waals surface area contributed by atoms with Crippen molar-refractivity contribution in [3.8, 4) is 11.5 Å². The van der Waals surface area contributed by atoms with Crippen molar-refractivity contribution in [2.75, 3.05) is 14.2 Å². The van der Waals surface area contributed by atoms with Gasteiger partial charge in [-0.15, -0.1) is 0 Å². The molecule has 0 aliphatic carbocycles. The van der Waals surface area contributed by atoms with E-state index in [1.54, 1.807) is 37.2 Å². The van der Waals surface area contributed by atoms with Gasteiger partial charge in [-0.05, 0) is 54.1 Å². The predicted octanol–water partition coefficient (Wildman–Crippen LogP) is 4.44. The minimum atomic E-state index is -0.349. The number of aromatic amines is 1. The molecule has 0 radical (unpaired) electrons. The van der Waals surface area contributed by atoms with E-state index in [1.807, 2.05) is 18.2 Å². The van der Waals surface area contributed by atoms with Crippen LogP contribution in [0.15, 0.2) is 52.8 Å². The number of aryl methyl sites for hydroxylation is 2. The highest BCUT2D eigenvalue weighted by molar-refractivity contribution is 7.99. The largest absolute Gasteiger partial charge is 0.497 e. The zero-order valence-corrected chi connectivity index (χ0v) is 18.4. The average Bonchev–Trinajstić information content (AvgIpc) is 3.19. The average molecular weight is 460 g/mol. The molecule has 31 heavy (non-hydrogen) atoms. The van der Waals surface area contributed by atoms with E-state index < -0.39 is 0 Å². The molecule has 0 unspecified atom stereocenters. The van der Waals surface area contributed by atoms with Crippen molar-refractivity contribution in [2.45, 2.75) is 23.0 Å². The van der Waals surface area contributed by atoms with Gasteiger partial charge in [-0.25, -0.2) is 14.4 Å². The lowest BCUT2D eigenvalue weighted by atomic mass is 10.1. The molecule has 0 fully saturated rings. The number of H-pyrrole nitrogens is 1. The number of nitrogens with zero attached hydrogens (tertiary/aromatic N) is 3. The van der Waals surface area contributed by atoms with E-state index >= 15 is 0 Å². The molecule has 0 aliphatic heterocycles. The first-order valence-electron chi connectivity index (χ1n) is 9.32. The number of imidazole rings is 1. The van der Waals surface area contributed by atoms with E-state index in [9.17, 15) is 4.39 Å². The SMILES string of the molecule is COc1ccc(OC)c(Sc2nc3c([nH]2)c(=N)ncn3CCc2ccc(Cl)cc2F)c1. The number of nitrogens with one attached hydrogen (secondary N) is 2. The summed E-state index contributed by atoms with van der Waals surface area (Å²) in [7, 11) is 3.20. The topological polar surface area (TPSA) is 88.8 Å². The van der Waals surface area contributed by atoms with E-state index in [0.29, 0.717) is 51.4 Å². The Balaban J connectivity index is 1.65. The second kappa shape index (κ2) is 8.99. The van der Waals surface area contributed by atoms with Crippen LogP contribution in [-0.2, 0) is 13.0 Å². The van der Waals surface area contributed by atoms with Crippen LogP contribution in [0.4, 0.5) is 4.39 Å². The summed E-state index contributed by atoms with van der Waals surface area (Å²) < 4.78 is 26.6. The lowest BCUT2D eigenvalue weighted by molar-refractivity contribution is 0.394. The molecule has 0 saturated heterocycles. The van der Waals surface area contributed by atoms with Crippen LogP contribution < -0.4 is 15.0 Å². The number of benzene rings is 2. The smallest absolute Gasteiger partial charge is 0.173 e. The molecule has 2 aromatic carbocycles. The fourth-order valence-corrected chi connectivity index (χ4v) is 4.19. The van der Waals surface area contributed by atoms with Crippen LogP contribution in [0.1, 0.15) is 5.56 Å². The Kier molecular flexibility index (Phi) is 6.15. The van der Waals surface area contributed by atoms with Crippen LogP contribution in [0.5, 0.6) is 11.5 Å². The number of halogens is 2. The standard InChI is InChI=1S/C21H19ClFN5O2S/c1-29-14-5-6-16(30-2)17(10-14)31-21-26-18-19(24)25-11-28(20(18)27-21)8-7-12-3-4-13(22)9-15(12)23/h3-6,9-11,24H,7-8H2,1-2H3,(H,26,27). The Labute approximate surface area is 186 Å². The number of fused-ring (bicyclic) bond motifs is 1. The van der Waals surface area contributed by atoms with Gasteiger partial charge in [0.2, 0.25) is 0 Å². The van der Waals surface area contributed by atoms with Gasteiger partial charge >= 0.3 is 0 Å². The van der Waals surface area contributed by atoms with Gasteiger partial charge in [0.1, 0.15) is 22.8 Å². The van der Waals surface area contributed by atoms with Gasteiger partial charge in [0.15, 0.2) is 16.3 Å². The van der Waals surface area contributed by atoms with Crippen molar-refractivity contribution in [1.29, 1.82) is 5.41 Å². The molecule has 0 bridgehead atoms. The maximum absolute atomic E-state index is 14.1. The van der Waals surface area contributed by atoms with Crippen molar-refractivity contribution in [3.05, 3.63) is 64.6 Å². The molecule has 2 N–H and O–H groups in total. The highest BCUT2D eigenvalue weighted by Crippen LogP contribution is 2.36. The highest BCUT2D eigenvalue weighted by atomic mass is 35.5. The summed E-state index contributed by atoms with van der Waals surface area (Å²) >= 11 is 7.19. The van der Waals surface area contributed by atoms with E-state index in [-0.39, 0.29) is 11.3 Å². The van der Waals surface area contributed by atoms with Gasteiger partial charge in [0.25, 0.3) is 0 Å². The van der Waals surface area contributed by atoms with E-state index in [4.69, 9.17) is 26.5 Å². The molecule has 4 aromatic rings. The summed E-state index contributed by atoms with van der Waals surface area (Å²) in [5.74, 6) is 1.03. The van der Waals surface area contributed by atoms with Crippen molar-refractivity contribution in [1.82, 2.24) is 19.5 Å². The lowest BCUT2D eigenvalue weighted by Crippen LogP contribution is -2.13. The minimum absolute atomic E-state index is 0.0841. The highest BCUT2D eigenvalue weighted by Gasteiger charge is 2.14. The third-order valence-electron chi connectivity index (χ3n) is 4.71. The Morgan fingerprint density at radius 2 is 2.03 bits per heavy atom. The van der Waals surface area contributed by atoms with Gasteiger partial charge in [-0.3, -0.25) is 5.41 Å². The monoisotopic (exact) mass is 459 g/mol. The third-order valence-corrected chi connectivity index (χ3v) is 5.87. The molecule has 160 valence electrons. The summed E-state index contributed by atoms with van der Waals surface area (Å²) in [6, 6.07) is 10.1. The van der Waals surface area contributed by atoms with Crippen LogP contribution in [0.3, 0.4) is 0 Å². The first kappa shape index (κ1) is 21.2. The van der Waals surface area contributed by atoms with Gasteiger partial charge < -0.3 is 19.0 Å². The number of hydrogen-bond acceptors (Lipinski definition) is 6. The molecular weight excluding hydrogens is 441 g/mol. The molecule has 0 atom stereocenters. The molecule has 2 heterocycles. The van der Waals surface area contributed by atoms with Crippen LogP contribution >= 0.6 is 23.4 Å². The van der Waals surface area contributed by atoms with Gasteiger partial charge in [-0.2, -0.15) is 0 Å². The molecule has 0 aliphatic rings. The Morgan fingerprint density at radius 3 is 2.77 bits per heavy atom. The maximum atomic E-state index is 14.1.